The minimum absolute atomic E-state index is 0.00769. The van der Waals surface area contributed by atoms with Crippen LogP contribution >= 0.6 is 0 Å². The first-order valence-electron chi connectivity index (χ1n) is 7.02. The topological polar surface area (TPSA) is 39.8 Å². The fourth-order valence-electron chi connectivity index (χ4n) is 1.89. The lowest BCUT2D eigenvalue weighted by Gasteiger charge is -2.40. The minimum Gasteiger partial charge on any atom is -0.416 e. The first-order valence-corrected chi connectivity index (χ1v) is 7.43. The molecule has 0 amide bonds. The predicted molar refractivity (Wildman–Crippen MR) is 85.8 cm³/mol. The summed E-state index contributed by atoms with van der Waals surface area (Å²) >= 11 is 0. The van der Waals surface area contributed by atoms with Gasteiger partial charge in [-0.05, 0) is 27.7 Å². The molecule has 0 aromatic heterocycles. The third kappa shape index (κ3) is 7.93. The van der Waals surface area contributed by atoms with Gasteiger partial charge in [0.25, 0.3) is 0 Å². The normalized spacial score (nSPS) is 12.1. The van der Waals surface area contributed by atoms with Gasteiger partial charge in [-0.25, -0.2) is 10.0 Å². The second kappa shape index (κ2) is 11.2. The minimum atomic E-state index is 0.00769. The number of hydrogen-bond acceptors (Lipinski definition) is 5. The molecule has 0 spiro atoms. The van der Waals surface area contributed by atoms with Crippen molar-refractivity contribution in [2.75, 3.05) is 19.7 Å². The Balaban J connectivity index is 5.05. The molecule has 0 saturated carbocycles. The van der Waals surface area contributed by atoms with Gasteiger partial charge in [-0.2, -0.15) is 0 Å². The van der Waals surface area contributed by atoms with E-state index in [4.69, 9.17) is 4.43 Å². The zero-order chi connectivity index (χ0) is 15.5. The Morgan fingerprint density at radius 1 is 1.00 bits per heavy atom. The second-order valence-electron chi connectivity index (χ2n) is 5.24. The summed E-state index contributed by atoms with van der Waals surface area (Å²) in [7, 11) is 3.11. The summed E-state index contributed by atoms with van der Waals surface area (Å²) in [5, 5.41) is 4.22. The van der Waals surface area contributed by atoms with E-state index < -0.39 is 0 Å². The molecule has 0 aromatic carbocycles. The van der Waals surface area contributed by atoms with Crippen LogP contribution in [0.15, 0.2) is 25.3 Å². The molecule has 0 atom stereocenters. The van der Waals surface area contributed by atoms with Crippen LogP contribution < -0.4 is 10.9 Å². The maximum atomic E-state index is 5.20. The van der Waals surface area contributed by atoms with Crippen molar-refractivity contribution in [3.05, 3.63) is 25.3 Å². The Morgan fingerprint density at radius 2 is 1.40 bits per heavy atom. The highest BCUT2D eigenvalue weighted by atomic mass is 28.2. The zero-order valence-corrected chi connectivity index (χ0v) is 14.2. The quantitative estimate of drug-likeness (QED) is 0.245. The molecule has 0 rings (SSSR count). The molecule has 3 radical (unpaired) electrons. The summed E-state index contributed by atoms with van der Waals surface area (Å²) in [4.78, 5) is 0. The SMILES string of the molecule is C=CCN(NC(C)C)C(CO[Si])N(CC=C)NC(C)C. The maximum absolute atomic E-state index is 5.20. The van der Waals surface area contributed by atoms with Crippen molar-refractivity contribution in [2.24, 2.45) is 0 Å². The number of hydrazine groups is 2. The van der Waals surface area contributed by atoms with E-state index in [1.54, 1.807) is 0 Å². The van der Waals surface area contributed by atoms with E-state index in [0.717, 1.165) is 0 Å². The molecule has 0 aliphatic heterocycles. The van der Waals surface area contributed by atoms with Crippen molar-refractivity contribution in [3.8, 4) is 0 Å². The maximum Gasteiger partial charge on any atom is 0.246 e. The van der Waals surface area contributed by atoms with Gasteiger partial charge in [0.05, 0.1) is 6.61 Å². The van der Waals surface area contributed by atoms with E-state index in [-0.39, 0.29) is 6.17 Å². The highest BCUT2D eigenvalue weighted by Crippen LogP contribution is 2.05. The molecule has 20 heavy (non-hydrogen) atoms. The molecule has 0 aliphatic carbocycles. The van der Waals surface area contributed by atoms with Crippen LogP contribution in [0, 0.1) is 0 Å². The molecule has 5 nitrogen and oxygen atoms in total. The summed E-state index contributed by atoms with van der Waals surface area (Å²) in [6.45, 7) is 18.0. The Hall–Kier alpha value is -0.503. The van der Waals surface area contributed by atoms with Crippen molar-refractivity contribution in [2.45, 2.75) is 45.9 Å². The van der Waals surface area contributed by atoms with Crippen LogP contribution in [0.4, 0.5) is 0 Å². The molecule has 0 aliphatic rings. The average molecular weight is 297 g/mol. The number of nitrogens with zero attached hydrogens (tertiary/aromatic N) is 2. The molecule has 6 heteroatoms. The first kappa shape index (κ1) is 19.5. The van der Waals surface area contributed by atoms with Crippen LogP contribution in [0.1, 0.15) is 27.7 Å². The van der Waals surface area contributed by atoms with Gasteiger partial charge in [-0.1, -0.05) is 12.2 Å². The van der Waals surface area contributed by atoms with Gasteiger partial charge < -0.3 is 4.43 Å². The van der Waals surface area contributed by atoms with E-state index in [1.807, 2.05) is 12.2 Å². The van der Waals surface area contributed by atoms with Gasteiger partial charge in [-0.15, -0.1) is 13.2 Å². The van der Waals surface area contributed by atoms with Crippen LogP contribution in [0.3, 0.4) is 0 Å². The lowest BCUT2D eigenvalue weighted by atomic mass is 10.3. The second-order valence-corrected chi connectivity index (χ2v) is 5.53. The highest BCUT2D eigenvalue weighted by Gasteiger charge is 2.25. The van der Waals surface area contributed by atoms with Crippen LogP contribution in [0.5, 0.6) is 0 Å². The number of nitrogens with one attached hydrogen (secondary N) is 2. The van der Waals surface area contributed by atoms with Gasteiger partial charge in [-0.3, -0.25) is 10.9 Å². The summed E-state index contributed by atoms with van der Waals surface area (Å²) in [6, 6.07) is 0.661. The summed E-state index contributed by atoms with van der Waals surface area (Å²) < 4.78 is 5.20. The monoisotopic (exact) mass is 297 g/mol. The van der Waals surface area contributed by atoms with Gasteiger partial charge in [0, 0.05) is 25.2 Å². The third-order valence-corrected chi connectivity index (χ3v) is 2.62. The molecular formula is C14H29N4OSi. The standard InChI is InChI=1S/C14H29N4OSi/c1-7-9-17(15-12(3)4)14(11-19-20)18(10-8-2)16-13(5)6/h7-8,12-16H,1-2,9-11H2,3-6H3. The molecule has 0 aromatic rings. The Bertz CT molecular complexity index is 250. The molecular weight excluding hydrogens is 268 g/mol. The summed E-state index contributed by atoms with van der Waals surface area (Å²) in [5.41, 5.74) is 6.84. The fourth-order valence-corrected chi connectivity index (χ4v) is 2.03. The molecule has 0 heterocycles. The van der Waals surface area contributed by atoms with Crippen molar-refractivity contribution >= 4 is 10.5 Å². The smallest absolute Gasteiger partial charge is 0.246 e. The molecule has 2 N–H and O–H groups in total. The Labute approximate surface area is 127 Å². The fraction of sp³-hybridized carbons (Fsp3) is 0.714. The van der Waals surface area contributed by atoms with Crippen LogP contribution in [0.25, 0.3) is 0 Å². The van der Waals surface area contributed by atoms with Crippen molar-refractivity contribution in [1.29, 1.82) is 0 Å². The van der Waals surface area contributed by atoms with Crippen LogP contribution in [-0.4, -0.2) is 58.4 Å². The molecule has 0 saturated heterocycles. The van der Waals surface area contributed by atoms with Crippen molar-refractivity contribution < 1.29 is 4.43 Å². The van der Waals surface area contributed by atoms with Gasteiger partial charge in [0.1, 0.15) is 6.17 Å². The van der Waals surface area contributed by atoms with Crippen LogP contribution in [-0.2, 0) is 4.43 Å². The highest BCUT2D eigenvalue weighted by molar-refractivity contribution is 5.97. The third-order valence-electron chi connectivity index (χ3n) is 2.45. The largest absolute Gasteiger partial charge is 0.416 e. The Morgan fingerprint density at radius 3 is 1.65 bits per heavy atom. The van der Waals surface area contributed by atoms with Gasteiger partial charge in [0.15, 0.2) is 0 Å². The number of rotatable bonds is 12. The molecule has 0 fully saturated rings. The lowest BCUT2D eigenvalue weighted by Crippen LogP contribution is -2.62. The Kier molecular flexibility index (Phi) is 10.9. The zero-order valence-electron chi connectivity index (χ0n) is 13.2. The van der Waals surface area contributed by atoms with E-state index in [0.29, 0.717) is 31.8 Å². The number of hydrogen-bond donors (Lipinski definition) is 2. The van der Waals surface area contributed by atoms with Gasteiger partial charge >= 0.3 is 0 Å². The first-order chi connectivity index (χ1) is 9.46. The molecule has 115 valence electrons. The van der Waals surface area contributed by atoms with E-state index >= 15 is 0 Å². The van der Waals surface area contributed by atoms with E-state index in [2.05, 4.69) is 72.2 Å². The molecule has 0 bridgehead atoms. The van der Waals surface area contributed by atoms with E-state index in [9.17, 15) is 0 Å². The summed E-state index contributed by atoms with van der Waals surface area (Å²) in [6.07, 6.45) is 3.75. The predicted octanol–water partition coefficient (Wildman–Crippen LogP) is 1.21. The van der Waals surface area contributed by atoms with E-state index in [1.165, 1.54) is 0 Å². The molecule has 0 unspecified atom stereocenters. The summed E-state index contributed by atoms with van der Waals surface area (Å²) in [5.74, 6) is 0. The van der Waals surface area contributed by atoms with Crippen molar-refractivity contribution in [3.63, 3.8) is 0 Å². The van der Waals surface area contributed by atoms with Crippen molar-refractivity contribution in [1.82, 2.24) is 20.9 Å². The average Bonchev–Trinajstić information content (AvgIpc) is 2.34. The van der Waals surface area contributed by atoms with Gasteiger partial charge in [0.2, 0.25) is 10.5 Å². The van der Waals surface area contributed by atoms with Crippen LogP contribution in [0.2, 0.25) is 0 Å². The lowest BCUT2D eigenvalue weighted by molar-refractivity contribution is -0.0458.